The maximum absolute atomic E-state index is 13.1. The van der Waals surface area contributed by atoms with Crippen LogP contribution in [-0.2, 0) is 9.05 Å². The highest BCUT2D eigenvalue weighted by molar-refractivity contribution is 7.48. The molecule has 0 atom stereocenters. The topological polar surface area (TPSA) is 30.5 Å². The van der Waals surface area contributed by atoms with Crippen LogP contribution in [0.1, 0.15) is 39.5 Å². The highest BCUT2D eigenvalue weighted by Crippen LogP contribution is 2.39. The Morgan fingerprint density at radius 3 is 2.26 bits per heavy atom. The zero-order chi connectivity index (χ0) is 13.9. The summed E-state index contributed by atoms with van der Waals surface area (Å²) in [4.78, 5) is 0. The van der Waals surface area contributed by atoms with Crippen molar-refractivity contribution < 1.29 is 13.4 Å². The number of halogens is 1. The standard InChI is InChI=1S/C14H23FNO2P/c1-3-5-10-17-19(18-11-6-4-2)16-14-9-7-8-13(15)12-14/h7-9,12,16H,3-6,10-11H2,1-2H3. The van der Waals surface area contributed by atoms with Crippen LogP contribution in [0.3, 0.4) is 0 Å². The molecule has 0 bridgehead atoms. The fourth-order valence-corrected chi connectivity index (χ4v) is 2.49. The summed E-state index contributed by atoms with van der Waals surface area (Å²) in [5, 5.41) is 3.12. The van der Waals surface area contributed by atoms with E-state index in [9.17, 15) is 4.39 Å². The van der Waals surface area contributed by atoms with Gasteiger partial charge >= 0.3 is 0 Å². The van der Waals surface area contributed by atoms with Crippen molar-refractivity contribution in [3.8, 4) is 0 Å². The van der Waals surface area contributed by atoms with Crippen molar-refractivity contribution in [1.29, 1.82) is 0 Å². The Morgan fingerprint density at radius 2 is 1.74 bits per heavy atom. The first kappa shape index (κ1) is 16.4. The first-order valence-corrected chi connectivity index (χ1v) is 8.02. The normalized spacial score (nSPS) is 10.9. The maximum Gasteiger partial charge on any atom is 0.287 e. The molecule has 0 aliphatic carbocycles. The third-order valence-electron chi connectivity index (χ3n) is 2.46. The molecular formula is C14H23FNO2P. The second kappa shape index (κ2) is 10.1. The van der Waals surface area contributed by atoms with E-state index < -0.39 is 8.53 Å². The predicted octanol–water partition coefficient (Wildman–Crippen LogP) is 5.10. The number of hydrogen-bond acceptors (Lipinski definition) is 3. The number of anilines is 1. The quantitative estimate of drug-likeness (QED) is 0.480. The molecule has 0 fully saturated rings. The Balaban J connectivity index is 2.46. The molecule has 0 amide bonds. The van der Waals surface area contributed by atoms with Gasteiger partial charge in [0.1, 0.15) is 5.82 Å². The van der Waals surface area contributed by atoms with E-state index in [-0.39, 0.29) is 5.82 Å². The third-order valence-corrected chi connectivity index (χ3v) is 3.73. The van der Waals surface area contributed by atoms with Gasteiger partial charge in [0, 0.05) is 5.69 Å². The first-order valence-electron chi connectivity index (χ1n) is 6.84. The molecule has 0 saturated carbocycles. The number of unbranched alkanes of at least 4 members (excludes halogenated alkanes) is 2. The monoisotopic (exact) mass is 287 g/mol. The number of rotatable bonds is 10. The van der Waals surface area contributed by atoms with Gasteiger partial charge in [-0.25, -0.2) is 4.39 Å². The van der Waals surface area contributed by atoms with Gasteiger partial charge in [-0.05, 0) is 31.0 Å². The van der Waals surface area contributed by atoms with Crippen LogP contribution in [0.5, 0.6) is 0 Å². The van der Waals surface area contributed by atoms with E-state index in [1.54, 1.807) is 6.07 Å². The van der Waals surface area contributed by atoms with Crippen molar-refractivity contribution >= 4 is 14.2 Å². The average Bonchev–Trinajstić information content (AvgIpc) is 2.39. The highest BCUT2D eigenvalue weighted by Gasteiger charge is 2.11. The van der Waals surface area contributed by atoms with Gasteiger partial charge in [0.25, 0.3) is 8.53 Å². The summed E-state index contributed by atoms with van der Waals surface area (Å²) in [5.74, 6) is -0.262. The minimum Gasteiger partial charge on any atom is -0.320 e. The summed E-state index contributed by atoms with van der Waals surface area (Å²) in [6.07, 6.45) is 4.16. The van der Waals surface area contributed by atoms with E-state index in [0.29, 0.717) is 18.9 Å². The van der Waals surface area contributed by atoms with Gasteiger partial charge in [-0.3, -0.25) is 0 Å². The molecular weight excluding hydrogens is 264 g/mol. The van der Waals surface area contributed by atoms with Crippen LogP contribution in [-0.4, -0.2) is 13.2 Å². The molecule has 0 unspecified atom stereocenters. The number of nitrogens with one attached hydrogen (secondary N) is 1. The lowest BCUT2D eigenvalue weighted by atomic mass is 10.3. The van der Waals surface area contributed by atoms with Crippen LogP contribution in [0.4, 0.5) is 10.1 Å². The van der Waals surface area contributed by atoms with Gasteiger partial charge in [-0.2, -0.15) is 0 Å². The number of hydrogen-bond donors (Lipinski definition) is 1. The Labute approximate surface area is 116 Å². The van der Waals surface area contributed by atoms with Crippen LogP contribution in [0.15, 0.2) is 24.3 Å². The van der Waals surface area contributed by atoms with Gasteiger partial charge in [-0.1, -0.05) is 32.8 Å². The minimum atomic E-state index is -1.19. The molecule has 19 heavy (non-hydrogen) atoms. The van der Waals surface area contributed by atoms with Gasteiger partial charge < -0.3 is 14.1 Å². The second-order valence-corrected chi connectivity index (χ2v) is 5.51. The van der Waals surface area contributed by atoms with E-state index in [1.165, 1.54) is 12.1 Å². The van der Waals surface area contributed by atoms with E-state index >= 15 is 0 Å². The van der Waals surface area contributed by atoms with E-state index in [4.69, 9.17) is 9.05 Å². The molecule has 0 radical (unpaired) electrons. The molecule has 3 nitrogen and oxygen atoms in total. The SMILES string of the molecule is CCCCOP(Nc1cccc(F)c1)OCCCC. The molecule has 0 saturated heterocycles. The van der Waals surface area contributed by atoms with E-state index in [1.807, 2.05) is 6.07 Å². The summed E-state index contributed by atoms with van der Waals surface area (Å²) < 4.78 is 24.5. The smallest absolute Gasteiger partial charge is 0.287 e. The molecule has 0 spiro atoms. The molecule has 5 heteroatoms. The fourth-order valence-electron chi connectivity index (χ4n) is 1.35. The van der Waals surface area contributed by atoms with Crippen molar-refractivity contribution in [3.05, 3.63) is 30.1 Å². The summed E-state index contributed by atoms with van der Waals surface area (Å²) in [6, 6.07) is 6.35. The van der Waals surface area contributed by atoms with Crippen molar-refractivity contribution in [3.63, 3.8) is 0 Å². The molecule has 1 aromatic rings. The van der Waals surface area contributed by atoms with Gasteiger partial charge in [-0.15, -0.1) is 0 Å². The zero-order valence-electron chi connectivity index (χ0n) is 11.7. The lowest BCUT2D eigenvalue weighted by molar-refractivity contribution is 0.246. The summed E-state index contributed by atoms with van der Waals surface area (Å²) in [6.45, 7) is 5.56. The lowest BCUT2D eigenvalue weighted by Crippen LogP contribution is -2.02. The van der Waals surface area contributed by atoms with Crippen molar-refractivity contribution in [2.24, 2.45) is 0 Å². The summed E-state index contributed by atoms with van der Waals surface area (Å²) in [7, 11) is -1.19. The number of benzene rings is 1. The molecule has 108 valence electrons. The summed E-state index contributed by atoms with van der Waals surface area (Å²) in [5.41, 5.74) is 0.694. The molecule has 1 aromatic carbocycles. The predicted molar refractivity (Wildman–Crippen MR) is 78.7 cm³/mol. The van der Waals surface area contributed by atoms with Crippen molar-refractivity contribution in [2.45, 2.75) is 39.5 Å². The third kappa shape index (κ3) is 7.46. The van der Waals surface area contributed by atoms with Crippen LogP contribution in [0.25, 0.3) is 0 Å². The van der Waals surface area contributed by atoms with Gasteiger partial charge in [0.05, 0.1) is 13.2 Å². The molecule has 1 rings (SSSR count). The highest BCUT2D eigenvalue weighted by atomic mass is 31.2. The largest absolute Gasteiger partial charge is 0.320 e. The van der Waals surface area contributed by atoms with Crippen molar-refractivity contribution in [2.75, 3.05) is 18.3 Å². The fraction of sp³-hybridized carbons (Fsp3) is 0.571. The Bertz CT molecular complexity index is 342. The zero-order valence-corrected chi connectivity index (χ0v) is 12.6. The summed E-state index contributed by atoms with van der Waals surface area (Å²) >= 11 is 0. The molecule has 0 aliphatic rings. The van der Waals surface area contributed by atoms with Gasteiger partial charge in [0.15, 0.2) is 0 Å². The van der Waals surface area contributed by atoms with Gasteiger partial charge in [0.2, 0.25) is 0 Å². The van der Waals surface area contributed by atoms with E-state index in [0.717, 1.165) is 25.7 Å². The molecule has 0 aliphatic heterocycles. The second-order valence-electron chi connectivity index (χ2n) is 4.25. The average molecular weight is 287 g/mol. The Kier molecular flexibility index (Phi) is 8.72. The maximum atomic E-state index is 13.1. The van der Waals surface area contributed by atoms with E-state index in [2.05, 4.69) is 18.9 Å². The van der Waals surface area contributed by atoms with Crippen molar-refractivity contribution in [1.82, 2.24) is 0 Å². The van der Waals surface area contributed by atoms with Crippen LogP contribution in [0, 0.1) is 5.82 Å². The molecule has 0 heterocycles. The lowest BCUT2D eigenvalue weighted by Gasteiger charge is -2.18. The minimum absolute atomic E-state index is 0.262. The Hall–Kier alpha value is -0.700. The van der Waals surface area contributed by atoms with Crippen LogP contribution >= 0.6 is 8.53 Å². The molecule has 0 aromatic heterocycles. The first-order chi connectivity index (χ1) is 9.26. The molecule has 1 N–H and O–H groups in total. The van der Waals surface area contributed by atoms with Crippen LogP contribution in [0.2, 0.25) is 0 Å². The van der Waals surface area contributed by atoms with Crippen LogP contribution < -0.4 is 5.09 Å². The Morgan fingerprint density at radius 1 is 1.11 bits per heavy atom.